The van der Waals surface area contributed by atoms with Crippen molar-refractivity contribution in [1.82, 2.24) is 9.80 Å². The van der Waals surface area contributed by atoms with Crippen molar-refractivity contribution in [3.8, 4) is 0 Å². The van der Waals surface area contributed by atoms with Crippen molar-refractivity contribution in [3.05, 3.63) is 45.6 Å². The number of hydrogen-bond donors (Lipinski definition) is 0. The smallest absolute Gasteiger partial charge is 0.249 e. The van der Waals surface area contributed by atoms with Crippen LogP contribution in [0.1, 0.15) is 12.8 Å². The van der Waals surface area contributed by atoms with Gasteiger partial charge >= 0.3 is 0 Å². The first-order valence-electron chi connectivity index (χ1n) is 17.0. The number of allylic oxidation sites excluding steroid dienone is 6. The van der Waals surface area contributed by atoms with Gasteiger partial charge in [-0.3, -0.25) is 9.59 Å². The Morgan fingerprint density at radius 1 is 0.523 bits per heavy atom. The van der Waals surface area contributed by atoms with Gasteiger partial charge in [-0.2, -0.15) is 0 Å². The molecular formula is C36H62N2O2Si4. The van der Waals surface area contributed by atoms with E-state index in [-0.39, 0.29) is 33.5 Å². The maximum atomic E-state index is 14.1. The Kier molecular flexibility index (Phi) is 7.49. The van der Waals surface area contributed by atoms with Crippen LogP contribution in [0.4, 0.5) is 0 Å². The molecule has 0 aliphatic heterocycles. The summed E-state index contributed by atoms with van der Waals surface area (Å²) in [5.74, 6) is 0.407. The third-order valence-electron chi connectivity index (χ3n) is 11.2. The molecular weight excluding hydrogens is 605 g/mol. The lowest BCUT2D eigenvalue weighted by Crippen LogP contribution is -2.77. The highest BCUT2D eigenvalue weighted by Crippen LogP contribution is 2.92. The van der Waals surface area contributed by atoms with Crippen LogP contribution in [-0.2, 0) is 9.59 Å². The number of likely N-dealkylation sites (N-methyl/N-ethyl adjacent to an activating group) is 2. The Morgan fingerprint density at radius 2 is 0.773 bits per heavy atom. The largest absolute Gasteiger partial charge is 0.345 e. The number of rotatable bonds is 10. The second-order valence-corrected chi connectivity index (χ2v) is 42.4. The molecule has 1 fully saturated rings. The SMILES string of the molecule is CN(C)C(=O)C1=CC23CC45C(C(=O)N(C)C)=CC4(CC12C(C[Si](C)(C)C)=C3C[Si](C)(C)C)C(C[Si](C)(C)C)=C5C[Si](C)(C)C. The predicted molar refractivity (Wildman–Crippen MR) is 199 cm³/mol. The van der Waals surface area contributed by atoms with Gasteiger partial charge in [-0.05, 0) is 37.0 Å². The average Bonchev–Trinajstić information content (AvgIpc) is 2.80. The summed E-state index contributed by atoms with van der Waals surface area (Å²) in [6.45, 7) is 30.1. The van der Waals surface area contributed by atoms with Gasteiger partial charge in [-0.25, -0.2) is 0 Å². The zero-order valence-electron chi connectivity index (χ0n) is 31.1. The van der Waals surface area contributed by atoms with E-state index in [0.29, 0.717) is 0 Å². The van der Waals surface area contributed by atoms with Crippen molar-refractivity contribution in [1.29, 1.82) is 0 Å². The summed E-state index contributed by atoms with van der Waals surface area (Å²) in [5.41, 5.74) is 8.30. The lowest BCUT2D eigenvalue weighted by atomic mass is 9.20. The monoisotopic (exact) mass is 666 g/mol. The predicted octanol–water partition coefficient (Wildman–Crippen LogP) is 8.76. The summed E-state index contributed by atoms with van der Waals surface area (Å²) in [4.78, 5) is 31.8. The summed E-state index contributed by atoms with van der Waals surface area (Å²) >= 11 is 0. The van der Waals surface area contributed by atoms with Gasteiger partial charge in [0.15, 0.2) is 0 Å². The van der Waals surface area contributed by atoms with E-state index in [0.717, 1.165) is 24.0 Å². The molecule has 1 saturated carbocycles. The molecule has 0 radical (unpaired) electrons. The number of nitrogens with zero attached hydrogens (tertiary/aromatic N) is 2. The minimum absolute atomic E-state index is 0.0890. The molecule has 244 valence electrons. The van der Waals surface area contributed by atoms with Gasteiger partial charge in [0.1, 0.15) is 0 Å². The highest BCUT2D eigenvalue weighted by atomic mass is 28.3. The summed E-state index contributed by atoms with van der Waals surface area (Å²) in [5, 5.41) is 0. The van der Waals surface area contributed by atoms with Crippen LogP contribution in [0.25, 0.3) is 0 Å². The maximum Gasteiger partial charge on any atom is 0.249 e. The molecule has 0 heterocycles. The van der Waals surface area contributed by atoms with Gasteiger partial charge in [-0.15, -0.1) is 0 Å². The molecule has 2 amide bonds. The van der Waals surface area contributed by atoms with Crippen LogP contribution >= 0.6 is 0 Å². The topological polar surface area (TPSA) is 40.6 Å². The summed E-state index contributed by atoms with van der Waals surface area (Å²) in [6.07, 6.45) is 6.91. The van der Waals surface area contributed by atoms with Crippen LogP contribution in [0.15, 0.2) is 45.6 Å². The summed E-state index contributed by atoms with van der Waals surface area (Å²) in [6, 6.07) is 4.76. The van der Waals surface area contributed by atoms with Gasteiger partial charge in [0.05, 0.1) is 0 Å². The van der Waals surface area contributed by atoms with E-state index >= 15 is 0 Å². The molecule has 0 bridgehead atoms. The van der Waals surface area contributed by atoms with Gasteiger partial charge < -0.3 is 9.80 Å². The molecule has 5 rings (SSSR count). The van der Waals surface area contributed by atoms with E-state index in [1.165, 1.54) is 24.2 Å². The number of hydrogen-bond acceptors (Lipinski definition) is 2. The fraction of sp³-hybridized carbons (Fsp3) is 0.722. The van der Waals surface area contributed by atoms with Crippen LogP contribution in [0.5, 0.6) is 0 Å². The van der Waals surface area contributed by atoms with Gasteiger partial charge in [0, 0.05) is 93.3 Å². The van der Waals surface area contributed by atoms with Crippen molar-refractivity contribution in [2.75, 3.05) is 28.2 Å². The molecule has 4 nitrogen and oxygen atoms in total. The Morgan fingerprint density at radius 3 is 1.00 bits per heavy atom. The van der Waals surface area contributed by atoms with E-state index in [1.54, 1.807) is 22.3 Å². The molecule has 0 aromatic heterocycles. The molecule has 0 aromatic carbocycles. The zero-order valence-corrected chi connectivity index (χ0v) is 35.1. The average molecular weight is 667 g/mol. The second-order valence-electron chi connectivity index (χ2n) is 20.5. The van der Waals surface area contributed by atoms with Gasteiger partial charge in [-0.1, -0.05) is 113 Å². The second kappa shape index (κ2) is 9.66. The Hall–Kier alpha value is -1.23. The van der Waals surface area contributed by atoms with Crippen molar-refractivity contribution in [3.63, 3.8) is 0 Å². The van der Waals surface area contributed by atoms with Gasteiger partial charge in [0.2, 0.25) is 11.8 Å². The first kappa shape index (κ1) is 34.1. The summed E-state index contributed by atoms with van der Waals surface area (Å²) in [7, 11) is 1.82. The first-order chi connectivity index (χ1) is 19.7. The van der Waals surface area contributed by atoms with Crippen molar-refractivity contribution >= 4 is 44.1 Å². The van der Waals surface area contributed by atoms with Crippen molar-refractivity contribution in [2.24, 2.45) is 21.7 Å². The molecule has 0 spiro atoms. The van der Waals surface area contributed by atoms with E-state index < -0.39 is 32.3 Å². The number of amides is 2. The Balaban J connectivity index is 1.80. The zero-order chi connectivity index (χ0) is 33.4. The fourth-order valence-corrected chi connectivity index (χ4v) is 16.4. The van der Waals surface area contributed by atoms with Crippen LogP contribution < -0.4 is 0 Å². The molecule has 0 N–H and O–H groups in total. The molecule has 8 heteroatoms. The van der Waals surface area contributed by atoms with E-state index in [9.17, 15) is 9.59 Å². The van der Waals surface area contributed by atoms with E-state index in [2.05, 4.69) is 90.7 Å². The standard InChI is InChI=1S/C36H62N2O2Si4/c1-37(2)31(39)25-17-33-24-36-26(32(40)38(3)4)18-34(36,28(20-42(8,9)10)30(36)22-44(14,15)16)23-35(25,33)29(21-43(11,12)13)27(33)19-41(5,6)7/h17-18H,19-24H2,1-16H3. The molecule has 44 heavy (non-hydrogen) atoms. The highest BCUT2D eigenvalue weighted by molar-refractivity contribution is 6.78. The highest BCUT2D eigenvalue weighted by Gasteiger charge is 2.85. The van der Waals surface area contributed by atoms with E-state index in [1.807, 2.05) is 38.0 Å². The third-order valence-corrected chi connectivity index (χ3v) is 16.9. The van der Waals surface area contributed by atoms with E-state index in [4.69, 9.17) is 0 Å². The third kappa shape index (κ3) is 4.57. The minimum Gasteiger partial charge on any atom is -0.345 e. The fourth-order valence-electron chi connectivity index (χ4n) is 10.1. The lowest BCUT2D eigenvalue weighted by molar-refractivity contribution is -0.144. The Bertz CT molecular complexity index is 1350. The molecule has 4 atom stereocenters. The van der Waals surface area contributed by atoms with Crippen LogP contribution in [0.2, 0.25) is 103 Å². The maximum absolute atomic E-state index is 14.1. The van der Waals surface area contributed by atoms with Gasteiger partial charge in [0.25, 0.3) is 0 Å². The summed E-state index contributed by atoms with van der Waals surface area (Å²) < 4.78 is 0. The van der Waals surface area contributed by atoms with Crippen LogP contribution in [-0.4, -0.2) is 82.1 Å². The van der Waals surface area contributed by atoms with Crippen LogP contribution in [0.3, 0.4) is 0 Å². The molecule has 0 saturated heterocycles. The molecule has 5 aliphatic carbocycles. The van der Waals surface area contributed by atoms with Crippen molar-refractivity contribution < 1.29 is 9.59 Å². The lowest BCUT2D eigenvalue weighted by Gasteiger charge is -2.83. The number of carbonyl (C=O) groups is 2. The molecule has 5 aliphatic rings. The normalized spacial score (nSPS) is 32.5. The minimum atomic E-state index is -1.48. The molecule has 4 unspecified atom stereocenters. The Labute approximate surface area is 273 Å². The number of carbonyl (C=O) groups excluding carboxylic acids is 2. The quantitative estimate of drug-likeness (QED) is 0.173. The van der Waals surface area contributed by atoms with Crippen LogP contribution in [0, 0.1) is 21.7 Å². The molecule has 0 aromatic rings. The van der Waals surface area contributed by atoms with Crippen molar-refractivity contribution in [2.45, 2.75) is 116 Å². The first-order valence-corrected chi connectivity index (χ1v) is 31.9.